The molecule has 1 aliphatic carbocycles. The highest BCUT2D eigenvalue weighted by molar-refractivity contribution is 7.89. The van der Waals surface area contributed by atoms with Crippen molar-refractivity contribution in [2.75, 3.05) is 13.7 Å². The smallest absolute Gasteiger partial charge is 0.357 e. The molecule has 0 radical (unpaired) electrons. The maximum Gasteiger partial charge on any atom is 0.357 e. The van der Waals surface area contributed by atoms with Crippen LogP contribution in [0.4, 0.5) is 0 Å². The number of rotatable bonds is 8. The third-order valence-electron chi connectivity index (χ3n) is 3.95. The summed E-state index contributed by atoms with van der Waals surface area (Å²) in [6.45, 7) is 2.14. The first-order valence-electron chi connectivity index (χ1n) is 8.23. The lowest BCUT2D eigenvalue weighted by Crippen LogP contribution is -2.32. The SMILES string of the molecule is CCOC(=O)c1csc(CN(C2CC2)S(=O)(=O)c2ccc(OC)cc2)n1. The van der Waals surface area contributed by atoms with Crippen molar-refractivity contribution in [2.45, 2.75) is 37.2 Å². The predicted molar refractivity (Wildman–Crippen MR) is 96.8 cm³/mol. The highest BCUT2D eigenvalue weighted by atomic mass is 32.2. The van der Waals surface area contributed by atoms with Gasteiger partial charge in [-0.05, 0) is 44.0 Å². The van der Waals surface area contributed by atoms with E-state index in [1.807, 2.05) is 0 Å². The van der Waals surface area contributed by atoms with E-state index >= 15 is 0 Å². The van der Waals surface area contributed by atoms with Crippen LogP contribution in [0.25, 0.3) is 0 Å². The van der Waals surface area contributed by atoms with Gasteiger partial charge in [-0.2, -0.15) is 4.31 Å². The molecule has 7 nitrogen and oxygen atoms in total. The van der Waals surface area contributed by atoms with Crippen molar-refractivity contribution in [2.24, 2.45) is 0 Å². The minimum atomic E-state index is -3.65. The van der Waals surface area contributed by atoms with Crippen molar-refractivity contribution in [1.29, 1.82) is 0 Å². The quantitative estimate of drug-likeness (QED) is 0.638. The van der Waals surface area contributed by atoms with Gasteiger partial charge < -0.3 is 9.47 Å². The van der Waals surface area contributed by atoms with Gasteiger partial charge in [-0.1, -0.05) is 0 Å². The second-order valence-electron chi connectivity index (χ2n) is 5.80. The lowest BCUT2D eigenvalue weighted by atomic mass is 10.3. The Labute approximate surface area is 156 Å². The molecule has 0 amide bonds. The lowest BCUT2D eigenvalue weighted by molar-refractivity contribution is 0.0520. The van der Waals surface area contributed by atoms with Crippen molar-refractivity contribution >= 4 is 27.3 Å². The van der Waals surface area contributed by atoms with Crippen molar-refractivity contribution in [1.82, 2.24) is 9.29 Å². The van der Waals surface area contributed by atoms with Crippen LogP contribution in [0.15, 0.2) is 34.5 Å². The predicted octanol–water partition coefficient (Wildman–Crippen LogP) is 2.68. The first-order chi connectivity index (χ1) is 12.5. The molecule has 3 rings (SSSR count). The molecule has 0 spiro atoms. The maximum atomic E-state index is 13.0. The monoisotopic (exact) mass is 396 g/mol. The van der Waals surface area contributed by atoms with E-state index in [2.05, 4.69) is 4.98 Å². The Morgan fingerprint density at radius 1 is 1.31 bits per heavy atom. The summed E-state index contributed by atoms with van der Waals surface area (Å²) in [5.74, 6) is 0.104. The van der Waals surface area contributed by atoms with Crippen LogP contribution in [-0.2, 0) is 21.3 Å². The number of thiazole rings is 1. The molecule has 1 saturated carbocycles. The Kier molecular flexibility index (Phi) is 5.59. The molecule has 0 unspecified atom stereocenters. The van der Waals surface area contributed by atoms with Crippen molar-refractivity contribution in [3.63, 3.8) is 0 Å². The van der Waals surface area contributed by atoms with Gasteiger partial charge in [0, 0.05) is 11.4 Å². The van der Waals surface area contributed by atoms with E-state index in [4.69, 9.17) is 9.47 Å². The number of nitrogens with zero attached hydrogens (tertiary/aromatic N) is 2. The summed E-state index contributed by atoms with van der Waals surface area (Å²) in [7, 11) is -2.12. The lowest BCUT2D eigenvalue weighted by Gasteiger charge is -2.21. The number of esters is 1. The van der Waals surface area contributed by atoms with E-state index in [0.29, 0.717) is 10.8 Å². The Morgan fingerprint density at radius 3 is 2.58 bits per heavy atom. The summed E-state index contributed by atoms with van der Waals surface area (Å²) >= 11 is 1.26. The molecule has 2 aromatic rings. The molecule has 0 aliphatic heterocycles. The second kappa shape index (κ2) is 7.73. The largest absolute Gasteiger partial charge is 0.497 e. The molecule has 1 aromatic heterocycles. The minimum Gasteiger partial charge on any atom is -0.497 e. The zero-order valence-electron chi connectivity index (χ0n) is 14.5. The van der Waals surface area contributed by atoms with Crippen LogP contribution in [0.2, 0.25) is 0 Å². The van der Waals surface area contributed by atoms with Gasteiger partial charge in [-0.15, -0.1) is 11.3 Å². The van der Waals surface area contributed by atoms with Crippen LogP contribution in [-0.4, -0.2) is 43.4 Å². The van der Waals surface area contributed by atoms with Crippen LogP contribution in [0, 0.1) is 0 Å². The molecule has 0 N–H and O–H groups in total. The fraction of sp³-hybridized carbons (Fsp3) is 0.412. The first-order valence-corrected chi connectivity index (χ1v) is 10.5. The zero-order valence-corrected chi connectivity index (χ0v) is 16.2. The molecular formula is C17H20N2O5S2. The van der Waals surface area contributed by atoms with Gasteiger partial charge in [-0.25, -0.2) is 18.2 Å². The Morgan fingerprint density at radius 2 is 2.00 bits per heavy atom. The molecule has 26 heavy (non-hydrogen) atoms. The number of hydrogen-bond acceptors (Lipinski definition) is 7. The summed E-state index contributed by atoms with van der Waals surface area (Å²) in [5.41, 5.74) is 0.212. The van der Waals surface area contributed by atoms with E-state index in [0.717, 1.165) is 12.8 Å². The van der Waals surface area contributed by atoms with Crippen molar-refractivity contribution in [3.8, 4) is 5.75 Å². The van der Waals surface area contributed by atoms with E-state index < -0.39 is 16.0 Å². The molecule has 1 aliphatic rings. The molecule has 1 heterocycles. The minimum absolute atomic E-state index is 0.0305. The van der Waals surface area contributed by atoms with E-state index in [1.54, 1.807) is 24.4 Å². The van der Waals surface area contributed by atoms with Gasteiger partial charge in [0.05, 0.1) is 25.2 Å². The van der Waals surface area contributed by atoms with Crippen molar-refractivity contribution in [3.05, 3.63) is 40.3 Å². The van der Waals surface area contributed by atoms with Gasteiger partial charge in [-0.3, -0.25) is 0 Å². The molecule has 0 atom stereocenters. The van der Waals surface area contributed by atoms with Crippen LogP contribution in [0.3, 0.4) is 0 Å². The summed E-state index contributed by atoms with van der Waals surface area (Å²) < 4.78 is 37.5. The van der Waals surface area contributed by atoms with Crippen molar-refractivity contribution < 1.29 is 22.7 Å². The van der Waals surface area contributed by atoms with Crippen LogP contribution in [0.5, 0.6) is 5.75 Å². The van der Waals surface area contributed by atoms with Gasteiger partial charge in [0.15, 0.2) is 5.69 Å². The molecule has 9 heteroatoms. The number of aromatic nitrogens is 1. The summed E-state index contributed by atoms with van der Waals surface area (Å²) in [6.07, 6.45) is 1.65. The Bertz CT molecular complexity index is 873. The fourth-order valence-electron chi connectivity index (χ4n) is 2.47. The molecule has 140 valence electrons. The number of methoxy groups -OCH3 is 1. The number of sulfonamides is 1. The molecule has 0 bridgehead atoms. The number of carbonyl (C=O) groups excluding carboxylic acids is 1. The maximum absolute atomic E-state index is 13.0. The molecular weight excluding hydrogens is 376 g/mol. The highest BCUT2D eigenvalue weighted by Crippen LogP contribution is 2.34. The van der Waals surface area contributed by atoms with Crippen LogP contribution < -0.4 is 4.74 Å². The standard InChI is InChI=1S/C17H20N2O5S2/c1-3-24-17(20)15-11-25-16(18-15)10-19(12-4-5-12)26(21,22)14-8-6-13(23-2)7-9-14/h6-9,11-12H,3-5,10H2,1-2H3. The molecule has 1 aromatic carbocycles. The third kappa shape index (κ3) is 4.05. The molecule has 1 fully saturated rings. The van der Waals surface area contributed by atoms with Gasteiger partial charge in [0.25, 0.3) is 0 Å². The summed E-state index contributed by atoms with van der Waals surface area (Å²) in [4.78, 5) is 16.2. The number of hydrogen-bond donors (Lipinski definition) is 0. The molecule has 0 saturated heterocycles. The number of ether oxygens (including phenoxy) is 2. The number of carbonyl (C=O) groups is 1. The zero-order chi connectivity index (χ0) is 18.7. The average Bonchev–Trinajstić information content (AvgIpc) is 3.36. The normalized spacial score (nSPS) is 14.4. The topological polar surface area (TPSA) is 85.8 Å². The summed E-state index contributed by atoms with van der Waals surface area (Å²) in [6, 6.07) is 6.29. The highest BCUT2D eigenvalue weighted by Gasteiger charge is 2.38. The summed E-state index contributed by atoms with van der Waals surface area (Å²) in [5, 5.41) is 2.16. The van der Waals surface area contributed by atoms with Gasteiger partial charge in [0.1, 0.15) is 10.8 Å². The average molecular weight is 396 g/mol. The second-order valence-corrected chi connectivity index (χ2v) is 8.64. The van der Waals surface area contributed by atoms with E-state index in [9.17, 15) is 13.2 Å². The fourth-order valence-corrected chi connectivity index (χ4v) is 4.96. The van der Waals surface area contributed by atoms with Crippen LogP contribution >= 0.6 is 11.3 Å². The Balaban J connectivity index is 1.82. The van der Waals surface area contributed by atoms with Crippen LogP contribution in [0.1, 0.15) is 35.3 Å². The van der Waals surface area contributed by atoms with Gasteiger partial charge >= 0.3 is 5.97 Å². The first kappa shape index (κ1) is 18.8. The third-order valence-corrected chi connectivity index (χ3v) is 6.69. The van der Waals surface area contributed by atoms with E-state index in [-0.39, 0.29) is 29.8 Å². The van der Waals surface area contributed by atoms with E-state index in [1.165, 1.54) is 34.9 Å². The Hall–Kier alpha value is -1.97. The number of benzene rings is 1. The van der Waals surface area contributed by atoms with Gasteiger partial charge in [0.2, 0.25) is 10.0 Å².